The third-order valence-corrected chi connectivity index (χ3v) is 5.63. The Morgan fingerprint density at radius 3 is 2.50 bits per heavy atom. The minimum atomic E-state index is -0.508. The quantitative estimate of drug-likeness (QED) is 0.373. The van der Waals surface area contributed by atoms with Crippen LogP contribution < -0.4 is 5.32 Å². The normalized spacial score (nSPS) is 10.7. The van der Waals surface area contributed by atoms with Crippen LogP contribution in [0.15, 0.2) is 72.1 Å². The van der Waals surface area contributed by atoms with Gasteiger partial charge < -0.3 is 14.6 Å². The monoisotopic (exact) mass is 418 g/mol. The number of fused-ring (bicyclic) bond motifs is 1. The number of methoxy groups -OCH3 is 1. The maximum atomic E-state index is 12.9. The number of rotatable bonds is 6. The van der Waals surface area contributed by atoms with Gasteiger partial charge in [0.25, 0.3) is 0 Å². The van der Waals surface area contributed by atoms with Crippen molar-refractivity contribution in [3.63, 3.8) is 0 Å². The molecule has 0 spiro atoms. The molecule has 0 unspecified atom stereocenters. The Labute approximate surface area is 176 Å². The number of thiophene rings is 1. The van der Waals surface area contributed by atoms with Crippen molar-refractivity contribution in [3.8, 4) is 0 Å². The van der Waals surface area contributed by atoms with Gasteiger partial charge in [-0.2, -0.15) is 0 Å². The van der Waals surface area contributed by atoms with Crippen LogP contribution in [-0.2, 0) is 16.1 Å². The number of para-hydroxylation sites is 1. The molecule has 150 valence electrons. The van der Waals surface area contributed by atoms with Crippen LogP contribution in [0.5, 0.6) is 0 Å². The summed E-state index contributed by atoms with van der Waals surface area (Å²) in [6.07, 6.45) is 0. The van der Waals surface area contributed by atoms with E-state index in [1.807, 2.05) is 17.5 Å². The van der Waals surface area contributed by atoms with Gasteiger partial charge in [-0.25, -0.2) is 4.79 Å². The van der Waals surface area contributed by atoms with Crippen molar-refractivity contribution >= 4 is 44.9 Å². The van der Waals surface area contributed by atoms with Crippen LogP contribution in [0.2, 0.25) is 0 Å². The third-order valence-electron chi connectivity index (χ3n) is 4.68. The lowest BCUT2D eigenvalue weighted by molar-refractivity contribution is -0.116. The zero-order chi connectivity index (χ0) is 21.1. The van der Waals surface area contributed by atoms with Crippen molar-refractivity contribution in [1.82, 2.24) is 4.57 Å². The second-order valence-corrected chi connectivity index (χ2v) is 7.47. The molecule has 0 aliphatic rings. The first-order valence-electron chi connectivity index (χ1n) is 9.22. The third kappa shape index (κ3) is 3.75. The van der Waals surface area contributed by atoms with Crippen LogP contribution in [0.1, 0.15) is 26.4 Å². The lowest BCUT2D eigenvalue weighted by Crippen LogP contribution is -2.22. The van der Waals surface area contributed by atoms with Gasteiger partial charge in [0, 0.05) is 16.5 Å². The molecule has 0 fully saturated rings. The Hall–Kier alpha value is -3.71. The van der Waals surface area contributed by atoms with E-state index < -0.39 is 5.97 Å². The van der Waals surface area contributed by atoms with Gasteiger partial charge in [0.05, 0.1) is 12.8 Å². The Kier molecular flexibility index (Phi) is 5.45. The highest BCUT2D eigenvalue weighted by Crippen LogP contribution is 2.26. The summed E-state index contributed by atoms with van der Waals surface area (Å²) >= 11 is 1.44. The van der Waals surface area contributed by atoms with Crippen molar-refractivity contribution in [2.45, 2.75) is 6.54 Å². The highest BCUT2D eigenvalue weighted by atomic mass is 32.1. The van der Waals surface area contributed by atoms with Gasteiger partial charge in [-0.05, 0) is 29.6 Å². The van der Waals surface area contributed by atoms with Gasteiger partial charge in [-0.1, -0.05) is 42.5 Å². The zero-order valence-corrected chi connectivity index (χ0v) is 16.9. The number of anilines is 1. The Bertz CT molecular complexity index is 1240. The summed E-state index contributed by atoms with van der Waals surface area (Å²) in [5.74, 6) is -1.03. The molecule has 0 saturated heterocycles. The maximum Gasteiger partial charge on any atom is 0.354 e. The molecular formula is C23H18N2O4S. The molecule has 4 aromatic rings. The highest BCUT2D eigenvalue weighted by Gasteiger charge is 2.20. The fraction of sp³-hybridized carbons (Fsp3) is 0.0870. The average Bonchev–Trinajstić information content (AvgIpc) is 3.36. The van der Waals surface area contributed by atoms with Gasteiger partial charge in [0.1, 0.15) is 17.1 Å². The number of ketones is 1. The molecule has 0 aliphatic heterocycles. The number of amides is 1. The first kappa shape index (κ1) is 19.6. The summed E-state index contributed by atoms with van der Waals surface area (Å²) in [6, 6.07) is 19.4. The number of carbonyl (C=O) groups is 3. The number of benzene rings is 2. The summed E-state index contributed by atoms with van der Waals surface area (Å²) < 4.78 is 6.47. The molecular weight excluding hydrogens is 400 g/mol. The standard InChI is InChI=1S/C23H18N2O4S/c1-29-23(28)19-13-16-11-12-30-22(16)25(19)14-20(26)24-18-10-6-5-9-17(18)21(27)15-7-3-2-4-8-15/h2-13H,14H2,1H3,(H,24,26). The van der Waals surface area contributed by atoms with E-state index in [1.165, 1.54) is 18.4 Å². The Morgan fingerprint density at radius 2 is 1.73 bits per heavy atom. The molecule has 30 heavy (non-hydrogen) atoms. The molecule has 7 heteroatoms. The molecule has 4 rings (SSSR count). The molecule has 2 heterocycles. The molecule has 6 nitrogen and oxygen atoms in total. The van der Waals surface area contributed by atoms with Gasteiger partial charge in [-0.15, -0.1) is 11.3 Å². The van der Waals surface area contributed by atoms with Gasteiger partial charge >= 0.3 is 5.97 Å². The smallest absolute Gasteiger partial charge is 0.354 e. The Morgan fingerprint density at radius 1 is 1.00 bits per heavy atom. The van der Waals surface area contributed by atoms with Crippen LogP contribution in [0.4, 0.5) is 5.69 Å². The number of esters is 1. The van der Waals surface area contributed by atoms with Crippen molar-refractivity contribution in [2.24, 2.45) is 0 Å². The van der Waals surface area contributed by atoms with Crippen molar-refractivity contribution < 1.29 is 19.1 Å². The van der Waals surface area contributed by atoms with E-state index in [1.54, 1.807) is 59.2 Å². The second kappa shape index (κ2) is 8.34. The van der Waals surface area contributed by atoms with Crippen LogP contribution in [-0.4, -0.2) is 29.3 Å². The summed E-state index contributed by atoms with van der Waals surface area (Å²) in [4.78, 5) is 38.6. The summed E-state index contributed by atoms with van der Waals surface area (Å²) in [6.45, 7) is -0.0810. The number of carbonyl (C=O) groups excluding carboxylic acids is 3. The van der Waals surface area contributed by atoms with Crippen LogP contribution in [0.25, 0.3) is 10.2 Å². The number of ether oxygens (including phenoxy) is 1. The maximum absolute atomic E-state index is 12.9. The lowest BCUT2D eigenvalue weighted by Gasteiger charge is -2.12. The van der Waals surface area contributed by atoms with E-state index >= 15 is 0 Å². The zero-order valence-electron chi connectivity index (χ0n) is 16.1. The minimum absolute atomic E-state index is 0.0810. The SMILES string of the molecule is COC(=O)c1cc2ccsc2n1CC(=O)Nc1ccccc1C(=O)c1ccccc1. The van der Waals surface area contributed by atoms with Crippen LogP contribution >= 0.6 is 11.3 Å². The van der Waals surface area contributed by atoms with Gasteiger partial charge in [0.2, 0.25) is 5.91 Å². The fourth-order valence-corrected chi connectivity index (χ4v) is 4.17. The fourth-order valence-electron chi connectivity index (χ4n) is 3.27. The summed E-state index contributed by atoms with van der Waals surface area (Å²) in [5, 5.41) is 5.58. The summed E-state index contributed by atoms with van der Waals surface area (Å²) in [5.41, 5.74) is 1.67. The van der Waals surface area contributed by atoms with E-state index in [0.29, 0.717) is 22.5 Å². The summed E-state index contributed by atoms with van der Waals surface area (Å²) in [7, 11) is 1.30. The van der Waals surface area contributed by atoms with Crippen molar-refractivity contribution in [1.29, 1.82) is 0 Å². The Balaban J connectivity index is 1.61. The molecule has 2 aromatic heterocycles. The van der Waals surface area contributed by atoms with E-state index in [0.717, 1.165) is 10.2 Å². The second-order valence-electron chi connectivity index (χ2n) is 6.58. The first-order valence-corrected chi connectivity index (χ1v) is 10.1. The predicted molar refractivity (Wildman–Crippen MR) is 116 cm³/mol. The van der Waals surface area contributed by atoms with Gasteiger partial charge in [0.15, 0.2) is 5.78 Å². The molecule has 1 amide bonds. The lowest BCUT2D eigenvalue weighted by atomic mass is 10.0. The van der Waals surface area contributed by atoms with Crippen molar-refractivity contribution in [3.05, 3.63) is 88.9 Å². The van der Waals surface area contributed by atoms with E-state index in [-0.39, 0.29) is 18.2 Å². The predicted octanol–water partition coefficient (Wildman–Crippen LogP) is 4.36. The highest BCUT2D eigenvalue weighted by molar-refractivity contribution is 7.16. The molecule has 0 aliphatic carbocycles. The van der Waals surface area contributed by atoms with Gasteiger partial charge in [-0.3, -0.25) is 9.59 Å². The largest absolute Gasteiger partial charge is 0.464 e. The molecule has 2 aromatic carbocycles. The number of aromatic nitrogens is 1. The number of hydrogen-bond donors (Lipinski definition) is 1. The number of nitrogens with one attached hydrogen (secondary N) is 1. The van der Waals surface area contributed by atoms with E-state index in [2.05, 4.69) is 5.32 Å². The number of nitrogens with zero attached hydrogens (tertiary/aromatic N) is 1. The topological polar surface area (TPSA) is 77.4 Å². The van der Waals surface area contributed by atoms with E-state index in [4.69, 9.17) is 4.74 Å². The molecule has 0 saturated carbocycles. The van der Waals surface area contributed by atoms with E-state index in [9.17, 15) is 14.4 Å². The molecule has 1 N–H and O–H groups in total. The number of hydrogen-bond acceptors (Lipinski definition) is 5. The van der Waals surface area contributed by atoms with Crippen LogP contribution in [0, 0.1) is 0 Å². The van der Waals surface area contributed by atoms with Crippen LogP contribution in [0.3, 0.4) is 0 Å². The molecule has 0 atom stereocenters. The molecule has 0 bridgehead atoms. The molecule has 0 radical (unpaired) electrons. The van der Waals surface area contributed by atoms with Crippen molar-refractivity contribution in [2.75, 3.05) is 12.4 Å². The first-order chi connectivity index (χ1) is 14.6. The average molecular weight is 418 g/mol. The minimum Gasteiger partial charge on any atom is -0.464 e.